The van der Waals surface area contributed by atoms with Crippen LogP contribution in [0.2, 0.25) is 0 Å². The van der Waals surface area contributed by atoms with Crippen LogP contribution in [0.25, 0.3) is 97.7 Å². The fraction of sp³-hybridized carbons (Fsp3) is 0. The van der Waals surface area contributed by atoms with E-state index in [1.807, 2.05) is 0 Å². The van der Waals surface area contributed by atoms with Crippen molar-refractivity contribution in [1.29, 1.82) is 0 Å². The van der Waals surface area contributed by atoms with Crippen molar-refractivity contribution in [2.75, 3.05) is 0 Å². The second kappa shape index (κ2) is 9.76. The van der Waals surface area contributed by atoms with Crippen molar-refractivity contribution >= 4 is 75.4 Å². The third-order valence-corrected chi connectivity index (χ3v) is 9.99. The Morgan fingerprint density at radius 3 is 1.24 bits per heavy atom. The third-order valence-electron chi connectivity index (χ3n) is 9.99. The van der Waals surface area contributed by atoms with Crippen LogP contribution in [-0.2, 0) is 0 Å². The highest BCUT2D eigenvalue weighted by Gasteiger charge is 2.20. The van der Waals surface area contributed by atoms with E-state index in [4.69, 9.17) is 0 Å². The van der Waals surface area contributed by atoms with E-state index in [2.05, 4.69) is 170 Å². The predicted molar refractivity (Wildman–Crippen MR) is 200 cm³/mol. The SMILES string of the molecule is c1ccc2c(c1)ccc1cccc(-c3c4ccccc4c(-c4cc5ccc6ccccc6c5c5ccccc45)c4ccccc34)c12. The second-order valence-electron chi connectivity index (χ2n) is 12.4. The molecule has 0 N–H and O–H groups in total. The molecule has 46 heavy (non-hydrogen) atoms. The molecule has 0 unspecified atom stereocenters. The van der Waals surface area contributed by atoms with Crippen molar-refractivity contribution in [2.24, 2.45) is 0 Å². The molecule has 0 nitrogen and oxygen atoms in total. The average molecular weight is 581 g/mol. The summed E-state index contributed by atoms with van der Waals surface area (Å²) >= 11 is 0. The van der Waals surface area contributed by atoms with Gasteiger partial charge < -0.3 is 0 Å². The van der Waals surface area contributed by atoms with Crippen LogP contribution in [0, 0.1) is 0 Å². The molecular weight excluding hydrogens is 553 g/mol. The minimum atomic E-state index is 1.26. The summed E-state index contributed by atoms with van der Waals surface area (Å²) in [4.78, 5) is 0. The summed E-state index contributed by atoms with van der Waals surface area (Å²) in [7, 11) is 0. The van der Waals surface area contributed by atoms with E-state index in [0.717, 1.165) is 0 Å². The van der Waals surface area contributed by atoms with E-state index in [0.29, 0.717) is 0 Å². The van der Waals surface area contributed by atoms with Crippen molar-refractivity contribution in [3.8, 4) is 22.3 Å². The summed E-state index contributed by atoms with van der Waals surface area (Å²) in [6, 6.07) is 62.9. The summed E-state index contributed by atoms with van der Waals surface area (Å²) in [5, 5.41) is 18.0. The molecule has 0 bridgehead atoms. The minimum absolute atomic E-state index is 1.26. The van der Waals surface area contributed by atoms with Crippen molar-refractivity contribution in [3.63, 3.8) is 0 Å². The van der Waals surface area contributed by atoms with Crippen LogP contribution in [0.5, 0.6) is 0 Å². The molecule has 0 aliphatic heterocycles. The van der Waals surface area contributed by atoms with Gasteiger partial charge in [-0.1, -0.05) is 164 Å². The van der Waals surface area contributed by atoms with E-state index >= 15 is 0 Å². The van der Waals surface area contributed by atoms with Gasteiger partial charge in [0, 0.05) is 0 Å². The monoisotopic (exact) mass is 580 g/mol. The van der Waals surface area contributed by atoms with Gasteiger partial charge in [-0.05, 0) is 104 Å². The van der Waals surface area contributed by atoms with Crippen LogP contribution < -0.4 is 0 Å². The topological polar surface area (TPSA) is 0 Å². The Bertz CT molecular complexity index is 2800. The zero-order valence-electron chi connectivity index (χ0n) is 25.2. The molecule has 10 rings (SSSR count). The van der Waals surface area contributed by atoms with Crippen LogP contribution in [0.15, 0.2) is 170 Å². The molecule has 0 heterocycles. The number of benzene rings is 10. The lowest BCUT2D eigenvalue weighted by molar-refractivity contribution is 1.70. The quantitative estimate of drug-likeness (QED) is 0.141. The lowest BCUT2D eigenvalue weighted by atomic mass is 9.82. The summed E-state index contributed by atoms with van der Waals surface area (Å²) in [5.74, 6) is 0. The summed E-state index contributed by atoms with van der Waals surface area (Å²) in [6.07, 6.45) is 0. The first-order valence-electron chi connectivity index (χ1n) is 16.0. The summed E-state index contributed by atoms with van der Waals surface area (Å²) < 4.78 is 0. The Balaban J connectivity index is 1.39. The van der Waals surface area contributed by atoms with Crippen LogP contribution in [-0.4, -0.2) is 0 Å². The van der Waals surface area contributed by atoms with Gasteiger partial charge >= 0.3 is 0 Å². The van der Waals surface area contributed by atoms with E-state index in [9.17, 15) is 0 Å². The lowest BCUT2D eigenvalue weighted by Gasteiger charge is -2.21. The molecule has 0 atom stereocenters. The lowest BCUT2D eigenvalue weighted by Crippen LogP contribution is -1.93. The maximum absolute atomic E-state index is 2.43. The predicted octanol–water partition coefficient (Wildman–Crippen LogP) is 13.1. The van der Waals surface area contributed by atoms with E-state index in [1.54, 1.807) is 0 Å². The molecule has 0 saturated heterocycles. The molecular formula is C46H28. The smallest absolute Gasteiger partial charge is 0.00199 e. The Hall–Kier alpha value is -5.98. The van der Waals surface area contributed by atoms with Crippen molar-refractivity contribution in [2.45, 2.75) is 0 Å². The largest absolute Gasteiger partial charge is 0.0616 e. The van der Waals surface area contributed by atoms with Crippen molar-refractivity contribution < 1.29 is 0 Å². The molecule has 212 valence electrons. The molecule has 0 fully saturated rings. The summed E-state index contributed by atoms with van der Waals surface area (Å²) in [6.45, 7) is 0. The highest BCUT2D eigenvalue weighted by Crippen LogP contribution is 2.48. The highest BCUT2D eigenvalue weighted by atomic mass is 14.2. The van der Waals surface area contributed by atoms with Gasteiger partial charge in [-0.3, -0.25) is 0 Å². The zero-order valence-corrected chi connectivity index (χ0v) is 25.2. The number of hydrogen-bond acceptors (Lipinski definition) is 0. The van der Waals surface area contributed by atoms with E-state index in [1.165, 1.54) is 97.7 Å². The molecule has 0 amide bonds. The van der Waals surface area contributed by atoms with Gasteiger partial charge in [0.25, 0.3) is 0 Å². The minimum Gasteiger partial charge on any atom is -0.0616 e. The Morgan fingerprint density at radius 2 is 0.630 bits per heavy atom. The zero-order chi connectivity index (χ0) is 30.2. The molecule has 0 radical (unpaired) electrons. The molecule has 10 aromatic rings. The molecule has 0 aliphatic rings. The first-order valence-corrected chi connectivity index (χ1v) is 16.0. The van der Waals surface area contributed by atoms with E-state index in [-0.39, 0.29) is 0 Å². The number of rotatable bonds is 2. The van der Waals surface area contributed by atoms with Crippen LogP contribution in [0.1, 0.15) is 0 Å². The van der Waals surface area contributed by atoms with Gasteiger partial charge in [0.2, 0.25) is 0 Å². The van der Waals surface area contributed by atoms with Gasteiger partial charge in [0.15, 0.2) is 0 Å². The summed E-state index contributed by atoms with van der Waals surface area (Å²) in [5.41, 5.74) is 5.16. The average Bonchev–Trinajstić information content (AvgIpc) is 3.13. The van der Waals surface area contributed by atoms with Gasteiger partial charge in [0.1, 0.15) is 0 Å². The normalized spacial score (nSPS) is 11.9. The maximum Gasteiger partial charge on any atom is -0.00199 e. The van der Waals surface area contributed by atoms with E-state index < -0.39 is 0 Å². The fourth-order valence-corrected chi connectivity index (χ4v) is 8.06. The Kier molecular flexibility index (Phi) is 5.38. The fourth-order valence-electron chi connectivity index (χ4n) is 8.06. The maximum atomic E-state index is 2.43. The molecule has 10 aromatic carbocycles. The van der Waals surface area contributed by atoms with Gasteiger partial charge in [0.05, 0.1) is 0 Å². The van der Waals surface area contributed by atoms with Crippen LogP contribution in [0.3, 0.4) is 0 Å². The molecule has 0 spiro atoms. The first kappa shape index (κ1) is 25.4. The Morgan fingerprint density at radius 1 is 0.217 bits per heavy atom. The number of fused-ring (bicyclic) bond motifs is 10. The first-order chi connectivity index (χ1) is 22.8. The molecule has 0 heteroatoms. The van der Waals surface area contributed by atoms with Crippen LogP contribution >= 0.6 is 0 Å². The van der Waals surface area contributed by atoms with Gasteiger partial charge in [-0.25, -0.2) is 0 Å². The standard InChI is InChI=1S/C46H28/c1-3-15-33-29(12-1)24-26-31-14-11-23-41(43(31)33)45-37-19-7-9-21-39(37)46(40-22-10-8-20-38(40)45)42-28-32-27-25-30-13-2-4-16-34(30)44(32)36-18-6-5-17-35(36)42/h1-28H. The molecule has 0 saturated carbocycles. The molecule has 0 aliphatic carbocycles. The number of hydrogen-bond donors (Lipinski definition) is 0. The molecule has 0 aromatic heterocycles. The van der Waals surface area contributed by atoms with Crippen molar-refractivity contribution in [1.82, 2.24) is 0 Å². The third kappa shape index (κ3) is 3.56. The Labute approximate surface area is 266 Å². The van der Waals surface area contributed by atoms with Crippen molar-refractivity contribution in [3.05, 3.63) is 170 Å². The van der Waals surface area contributed by atoms with Gasteiger partial charge in [-0.2, -0.15) is 0 Å². The highest BCUT2D eigenvalue weighted by molar-refractivity contribution is 6.30. The van der Waals surface area contributed by atoms with Crippen LogP contribution in [0.4, 0.5) is 0 Å². The van der Waals surface area contributed by atoms with Gasteiger partial charge in [-0.15, -0.1) is 0 Å². The second-order valence-corrected chi connectivity index (χ2v) is 12.4.